The van der Waals surface area contributed by atoms with Crippen LogP contribution in [0.3, 0.4) is 0 Å². The number of benzene rings is 1. The molecule has 0 unspecified atom stereocenters. The van der Waals surface area contributed by atoms with E-state index in [4.69, 9.17) is 0 Å². The van der Waals surface area contributed by atoms with Crippen molar-refractivity contribution >= 4 is 27.5 Å². The average molecular weight is 413 g/mol. The maximum absolute atomic E-state index is 12.8. The largest absolute Gasteiger partial charge is 0.501 e. The van der Waals surface area contributed by atoms with E-state index >= 15 is 0 Å². The molecule has 2 heterocycles. The molecule has 1 aromatic carbocycles. The second-order valence-electron chi connectivity index (χ2n) is 6.38. The quantitative estimate of drug-likeness (QED) is 0.777. The van der Waals surface area contributed by atoms with E-state index in [2.05, 4.69) is 10.3 Å². The van der Waals surface area contributed by atoms with Gasteiger partial charge in [-0.05, 0) is 48.9 Å². The fourth-order valence-corrected chi connectivity index (χ4v) is 3.62. The van der Waals surface area contributed by atoms with Crippen LogP contribution < -0.4 is 10.2 Å². The van der Waals surface area contributed by atoms with Crippen LogP contribution in [0.25, 0.3) is 0 Å². The molecule has 3 amide bonds. The number of amides is 3. The van der Waals surface area contributed by atoms with Gasteiger partial charge in [0, 0.05) is 18.8 Å². The van der Waals surface area contributed by atoms with Crippen LogP contribution in [-0.4, -0.2) is 36.4 Å². The number of carbonyl (C=O) groups is 2. The number of alkyl halides is 3. The Balaban J connectivity index is 1.88. The minimum absolute atomic E-state index is 0.0397. The molecule has 0 saturated carbocycles. The van der Waals surface area contributed by atoms with E-state index < -0.39 is 37.7 Å². The van der Waals surface area contributed by atoms with Crippen LogP contribution in [0.5, 0.6) is 0 Å². The van der Waals surface area contributed by atoms with E-state index in [0.717, 1.165) is 22.6 Å². The predicted molar refractivity (Wildman–Crippen MR) is 92.0 cm³/mol. The molecule has 28 heavy (non-hydrogen) atoms. The van der Waals surface area contributed by atoms with Crippen LogP contribution in [-0.2, 0) is 21.1 Å². The summed E-state index contributed by atoms with van der Waals surface area (Å²) >= 11 is 0. The number of hydrogen-bond donors (Lipinski definition) is 1. The zero-order valence-corrected chi connectivity index (χ0v) is 15.2. The van der Waals surface area contributed by atoms with Gasteiger partial charge in [0.15, 0.2) is 0 Å². The molecule has 0 spiro atoms. The highest BCUT2D eigenvalue weighted by Crippen LogP contribution is 2.32. The van der Waals surface area contributed by atoms with Gasteiger partial charge in [-0.2, -0.15) is 13.2 Å². The molecule has 2 aromatic rings. The Kier molecular flexibility index (Phi) is 4.66. The molecule has 1 aliphatic heterocycles. The van der Waals surface area contributed by atoms with Crippen molar-refractivity contribution in [1.82, 2.24) is 10.3 Å². The lowest BCUT2D eigenvalue weighted by Gasteiger charge is -2.21. The van der Waals surface area contributed by atoms with Crippen LogP contribution in [0.4, 0.5) is 23.7 Å². The molecule has 7 nitrogen and oxygen atoms in total. The number of anilines is 1. The maximum atomic E-state index is 12.8. The summed E-state index contributed by atoms with van der Waals surface area (Å²) in [5, 5.41) is 2.56. The summed E-state index contributed by atoms with van der Waals surface area (Å²) < 4.78 is 60.8. The maximum Gasteiger partial charge on any atom is 0.501 e. The highest BCUT2D eigenvalue weighted by Gasteiger charge is 2.49. The smallest absolute Gasteiger partial charge is 0.323 e. The number of halogens is 3. The molecule has 148 valence electrons. The summed E-state index contributed by atoms with van der Waals surface area (Å²) in [6.45, 7) is 1.52. The van der Waals surface area contributed by atoms with E-state index in [1.54, 1.807) is 12.1 Å². The highest BCUT2D eigenvalue weighted by molar-refractivity contribution is 7.92. The van der Waals surface area contributed by atoms with E-state index in [-0.39, 0.29) is 12.1 Å². The van der Waals surface area contributed by atoms with Gasteiger partial charge in [-0.3, -0.25) is 9.78 Å². The second kappa shape index (κ2) is 6.59. The molecule has 1 aliphatic rings. The van der Waals surface area contributed by atoms with Crippen molar-refractivity contribution in [2.75, 3.05) is 4.90 Å². The van der Waals surface area contributed by atoms with Gasteiger partial charge < -0.3 is 5.32 Å². The van der Waals surface area contributed by atoms with E-state index in [9.17, 15) is 31.2 Å². The Bertz CT molecular complexity index is 1020. The van der Waals surface area contributed by atoms with Gasteiger partial charge in [-0.25, -0.2) is 18.1 Å². The molecule has 1 N–H and O–H groups in total. The highest BCUT2D eigenvalue weighted by atomic mass is 32.2. The van der Waals surface area contributed by atoms with E-state index in [0.29, 0.717) is 12.1 Å². The molecule has 3 rings (SSSR count). The third-order valence-corrected chi connectivity index (χ3v) is 5.78. The number of hydrogen-bond acceptors (Lipinski definition) is 5. The van der Waals surface area contributed by atoms with Crippen LogP contribution >= 0.6 is 0 Å². The summed E-state index contributed by atoms with van der Waals surface area (Å²) in [7, 11) is -5.52. The number of aromatic nitrogens is 1. The topological polar surface area (TPSA) is 96.4 Å². The Morgan fingerprint density at radius 3 is 2.18 bits per heavy atom. The molecule has 0 aliphatic carbocycles. The Hall–Kier alpha value is -2.95. The number of nitrogens with zero attached hydrogens (tertiary/aromatic N) is 2. The van der Waals surface area contributed by atoms with Crippen molar-refractivity contribution in [2.45, 2.75) is 29.3 Å². The number of carbonyl (C=O) groups excluding carboxylic acids is 2. The van der Waals surface area contributed by atoms with Crippen LogP contribution in [0, 0.1) is 0 Å². The minimum atomic E-state index is -5.52. The summed E-state index contributed by atoms with van der Waals surface area (Å²) in [4.78, 5) is 28.8. The van der Waals surface area contributed by atoms with Gasteiger partial charge in [-0.15, -0.1) is 0 Å². The molecule has 1 atom stereocenters. The zero-order valence-electron chi connectivity index (χ0n) is 14.4. The number of sulfone groups is 1. The first-order valence-electron chi connectivity index (χ1n) is 7.93. The molecule has 11 heteroatoms. The molecule has 0 bridgehead atoms. The first kappa shape index (κ1) is 19.8. The zero-order chi connectivity index (χ0) is 20.7. The van der Waals surface area contributed by atoms with E-state index in [1.807, 2.05) is 0 Å². The van der Waals surface area contributed by atoms with Gasteiger partial charge in [-0.1, -0.05) is 0 Å². The van der Waals surface area contributed by atoms with Gasteiger partial charge in [0.1, 0.15) is 5.54 Å². The van der Waals surface area contributed by atoms with Crippen molar-refractivity contribution in [1.29, 1.82) is 0 Å². The molecule has 1 saturated heterocycles. The monoisotopic (exact) mass is 413 g/mol. The van der Waals surface area contributed by atoms with Gasteiger partial charge in [0.05, 0.1) is 10.6 Å². The average Bonchev–Trinajstić information content (AvgIpc) is 2.83. The second-order valence-corrected chi connectivity index (χ2v) is 8.32. The van der Waals surface area contributed by atoms with E-state index in [1.165, 1.54) is 19.3 Å². The van der Waals surface area contributed by atoms with Crippen LogP contribution in [0.1, 0.15) is 12.5 Å². The number of rotatable bonds is 4. The minimum Gasteiger partial charge on any atom is -0.323 e. The summed E-state index contributed by atoms with van der Waals surface area (Å²) in [5.41, 5.74) is -6.00. The van der Waals surface area contributed by atoms with Crippen LogP contribution in [0.15, 0.2) is 53.7 Å². The molecular weight excluding hydrogens is 399 g/mol. The standard InChI is InChI=1S/C17H14F3N3O4S/c1-16(10-11-6-8-21-9-7-11)14(24)23(15(25)22-16)12-2-4-13(5-3-12)28(26,27)17(18,19)20/h2-9H,10H2,1H3,(H,22,25)/t16-/m1/s1. The Morgan fingerprint density at radius 1 is 1.07 bits per heavy atom. The lowest BCUT2D eigenvalue weighted by Crippen LogP contribution is -2.46. The van der Waals surface area contributed by atoms with Gasteiger partial charge in [0.25, 0.3) is 15.7 Å². The van der Waals surface area contributed by atoms with Gasteiger partial charge >= 0.3 is 11.5 Å². The first-order chi connectivity index (χ1) is 13.0. The van der Waals surface area contributed by atoms with Crippen molar-refractivity contribution in [2.24, 2.45) is 0 Å². The van der Waals surface area contributed by atoms with Crippen molar-refractivity contribution in [3.8, 4) is 0 Å². The van der Waals surface area contributed by atoms with Crippen molar-refractivity contribution < 1.29 is 31.2 Å². The fourth-order valence-electron chi connectivity index (χ4n) is 2.86. The Morgan fingerprint density at radius 2 is 1.64 bits per heavy atom. The number of nitrogens with one attached hydrogen (secondary N) is 1. The third kappa shape index (κ3) is 3.33. The molecule has 0 radical (unpaired) electrons. The van der Waals surface area contributed by atoms with Crippen LogP contribution in [0.2, 0.25) is 0 Å². The molecular formula is C17H14F3N3O4S. The lowest BCUT2D eigenvalue weighted by molar-refractivity contribution is -0.121. The normalized spacial score (nSPS) is 20.4. The van der Waals surface area contributed by atoms with Gasteiger partial charge in [0.2, 0.25) is 0 Å². The lowest BCUT2D eigenvalue weighted by atomic mass is 9.93. The van der Waals surface area contributed by atoms with Crippen molar-refractivity contribution in [3.05, 3.63) is 54.4 Å². The Labute approximate surface area is 158 Å². The predicted octanol–water partition coefficient (Wildman–Crippen LogP) is 2.43. The SMILES string of the molecule is C[C@]1(Cc2ccncc2)NC(=O)N(c2ccc(S(=O)(=O)C(F)(F)F)cc2)C1=O. The molecule has 1 fully saturated rings. The number of pyridine rings is 1. The molecule has 1 aromatic heterocycles. The fraction of sp³-hybridized carbons (Fsp3) is 0.235. The number of urea groups is 1. The first-order valence-corrected chi connectivity index (χ1v) is 9.41. The number of imide groups is 1. The summed E-state index contributed by atoms with van der Waals surface area (Å²) in [6.07, 6.45) is 3.26. The summed E-state index contributed by atoms with van der Waals surface area (Å²) in [6, 6.07) is 5.98. The van der Waals surface area contributed by atoms with Crippen molar-refractivity contribution in [3.63, 3.8) is 0 Å². The third-order valence-electron chi connectivity index (χ3n) is 4.28. The summed E-state index contributed by atoms with van der Waals surface area (Å²) in [5.74, 6) is -0.610.